The molecule has 3 fully saturated rings. The zero-order valence-corrected chi connectivity index (χ0v) is 17.0. The van der Waals surface area contributed by atoms with Crippen LogP contribution in [0.4, 0.5) is 0 Å². The summed E-state index contributed by atoms with van der Waals surface area (Å²) in [7, 11) is 0. The van der Waals surface area contributed by atoms with E-state index in [-0.39, 0.29) is 23.8 Å². The van der Waals surface area contributed by atoms with Crippen LogP contribution in [-0.4, -0.2) is 79.0 Å². The predicted molar refractivity (Wildman–Crippen MR) is 108 cm³/mol. The lowest BCUT2D eigenvalue weighted by Gasteiger charge is -2.39. The second-order valence-electron chi connectivity index (χ2n) is 8.61. The second-order valence-corrected chi connectivity index (χ2v) is 8.61. The van der Waals surface area contributed by atoms with Gasteiger partial charge >= 0.3 is 0 Å². The van der Waals surface area contributed by atoms with E-state index in [2.05, 4.69) is 15.1 Å². The van der Waals surface area contributed by atoms with E-state index >= 15 is 0 Å². The molecule has 0 saturated carbocycles. The van der Waals surface area contributed by atoms with Crippen LogP contribution in [0.1, 0.15) is 45.4 Å². The lowest BCUT2D eigenvalue weighted by Crippen LogP contribution is -2.50. The van der Waals surface area contributed by atoms with Crippen molar-refractivity contribution in [2.75, 3.05) is 39.4 Å². The van der Waals surface area contributed by atoms with E-state index in [4.69, 9.17) is 4.74 Å². The number of hydrogen-bond acceptors (Lipinski definition) is 5. The van der Waals surface area contributed by atoms with Crippen molar-refractivity contribution in [3.05, 3.63) is 23.3 Å². The molecule has 3 aliphatic heterocycles. The number of rotatable bonds is 4. The maximum absolute atomic E-state index is 12.9. The van der Waals surface area contributed by atoms with Crippen molar-refractivity contribution >= 4 is 11.7 Å². The van der Waals surface area contributed by atoms with E-state index < -0.39 is 0 Å². The molecule has 1 amide bonds. The first kappa shape index (κ1) is 19.8. The highest BCUT2D eigenvalue weighted by molar-refractivity contribution is 6.06. The van der Waals surface area contributed by atoms with Crippen molar-refractivity contribution in [1.82, 2.24) is 15.1 Å². The van der Waals surface area contributed by atoms with Crippen LogP contribution in [-0.2, 0) is 14.3 Å². The molecule has 6 nitrogen and oxygen atoms in total. The highest BCUT2D eigenvalue weighted by atomic mass is 16.5. The smallest absolute Gasteiger partial charge is 0.251 e. The van der Waals surface area contributed by atoms with Gasteiger partial charge in [-0.15, -0.1) is 0 Å². The number of likely N-dealkylation sites (tertiary alicyclic amines) is 2. The minimum atomic E-state index is -0.247. The van der Waals surface area contributed by atoms with Crippen molar-refractivity contribution in [2.45, 2.75) is 63.6 Å². The van der Waals surface area contributed by atoms with Gasteiger partial charge in [-0.3, -0.25) is 14.5 Å². The topological polar surface area (TPSA) is 61.9 Å². The summed E-state index contributed by atoms with van der Waals surface area (Å²) in [6, 6.07) is 0.618. The fraction of sp³-hybridized carbons (Fsp3) is 0.727. The van der Waals surface area contributed by atoms with Gasteiger partial charge in [-0.2, -0.15) is 0 Å². The third kappa shape index (κ3) is 4.24. The largest absolute Gasteiger partial charge is 0.381 e. The summed E-state index contributed by atoms with van der Waals surface area (Å²) in [5.74, 6) is 0.0932. The molecular formula is C22H33N3O3. The number of piperidine rings is 1. The van der Waals surface area contributed by atoms with Gasteiger partial charge in [-0.25, -0.2) is 0 Å². The zero-order chi connectivity index (χ0) is 19.5. The number of amides is 1. The van der Waals surface area contributed by atoms with Crippen LogP contribution in [0.2, 0.25) is 0 Å². The summed E-state index contributed by atoms with van der Waals surface area (Å²) < 4.78 is 5.47. The monoisotopic (exact) mass is 387 g/mol. The molecule has 28 heavy (non-hydrogen) atoms. The number of carbonyl (C=O) groups is 2. The molecule has 1 unspecified atom stereocenters. The predicted octanol–water partition coefficient (Wildman–Crippen LogP) is 1.67. The normalized spacial score (nSPS) is 28.9. The Morgan fingerprint density at radius 3 is 2.36 bits per heavy atom. The molecule has 1 aliphatic carbocycles. The number of ketones is 1. The summed E-state index contributed by atoms with van der Waals surface area (Å²) >= 11 is 0. The Hall–Kier alpha value is -1.50. The molecule has 1 N–H and O–H groups in total. The third-order valence-corrected chi connectivity index (χ3v) is 6.84. The molecule has 6 heteroatoms. The van der Waals surface area contributed by atoms with Crippen LogP contribution in [0.25, 0.3) is 0 Å². The van der Waals surface area contributed by atoms with E-state index in [1.54, 1.807) is 12.2 Å². The van der Waals surface area contributed by atoms with Crippen molar-refractivity contribution in [3.8, 4) is 0 Å². The van der Waals surface area contributed by atoms with Crippen molar-refractivity contribution in [1.29, 1.82) is 0 Å². The second kappa shape index (κ2) is 8.89. The van der Waals surface area contributed by atoms with Gasteiger partial charge in [0.15, 0.2) is 5.78 Å². The standard InChI is InChI=1S/C22H33N3O3/c1-16-19(4-5-20(26)21(16)25-10-2-3-11-25)22(27)23-17-6-12-24(13-7-17)18-8-14-28-15-9-18/h4-5,17-18,21H,2-3,6-15H2,1H3,(H,23,27). The summed E-state index contributed by atoms with van der Waals surface area (Å²) in [5, 5.41) is 3.24. The fourth-order valence-electron chi connectivity index (χ4n) is 5.18. The highest BCUT2D eigenvalue weighted by Gasteiger charge is 2.34. The van der Waals surface area contributed by atoms with E-state index in [0.29, 0.717) is 11.6 Å². The number of ether oxygens (including phenoxy) is 1. The Kier molecular flexibility index (Phi) is 6.28. The lowest BCUT2D eigenvalue weighted by molar-refractivity contribution is -0.119. The Labute approximate surface area is 168 Å². The number of nitrogens with zero attached hydrogens (tertiary/aromatic N) is 2. The number of hydrogen-bond donors (Lipinski definition) is 1. The first-order valence-corrected chi connectivity index (χ1v) is 10.9. The summed E-state index contributed by atoms with van der Waals surface area (Å²) in [6.07, 6.45) is 9.82. The van der Waals surface area contributed by atoms with Crippen LogP contribution in [0.3, 0.4) is 0 Å². The molecule has 154 valence electrons. The molecule has 4 rings (SSSR count). The lowest BCUT2D eigenvalue weighted by atomic mass is 9.91. The van der Waals surface area contributed by atoms with Gasteiger partial charge in [0, 0.05) is 44.0 Å². The maximum Gasteiger partial charge on any atom is 0.251 e. The van der Waals surface area contributed by atoms with E-state index in [1.165, 1.54) is 0 Å². The number of carbonyl (C=O) groups excluding carboxylic acids is 2. The Morgan fingerprint density at radius 1 is 1.00 bits per heavy atom. The summed E-state index contributed by atoms with van der Waals surface area (Å²) in [4.78, 5) is 30.2. The first-order valence-electron chi connectivity index (χ1n) is 10.9. The third-order valence-electron chi connectivity index (χ3n) is 6.84. The zero-order valence-electron chi connectivity index (χ0n) is 17.0. The molecule has 0 aromatic carbocycles. The SMILES string of the molecule is CC1=C(C(=O)NC2CCN(C3CCOCC3)CC2)C=CC(=O)C1N1CCCC1. The average molecular weight is 388 g/mol. The van der Waals surface area contributed by atoms with Gasteiger partial charge in [0.05, 0.1) is 6.04 Å². The molecule has 4 aliphatic rings. The van der Waals surface area contributed by atoms with E-state index in [9.17, 15) is 9.59 Å². The van der Waals surface area contributed by atoms with Crippen molar-refractivity contribution < 1.29 is 14.3 Å². The number of nitrogens with one attached hydrogen (secondary N) is 1. The van der Waals surface area contributed by atoms with E-state index in [1.807, 2.05) is 6.92 Å². The van der Waals surface area contributed by atoms with Crippen LogP contribution < -0.4 is 5.32 Å². The Morgan fingerprint density at radius 2 is 1.68 bits per heavy atom. The van der Waals surface area contributed by atoms with E-state index in [0.717, 1.165) is 83.5 Å². The quantitative estimate of drug-likeness (QED) is 0.795. The molecule has 0 aromatic rings. The van der Waals surface area contributed by atoms with Crippen LogP contribution in [0, 0.1) is 0 Å². The molecule has 3 saturated heterocycles. The van der Waals surface area contributed by atoms with Gasteiger partial charge in [-0.05, 0) is 76.3 Å². The molecule has 3 heterocycles. The molecule has 0 bridgehead atoms. The fourth-order valence-corrected chi connectivity index (χ4v) is 5.18. The molecule has 0 aromatic heterocycles. The summed E-state index contributed by atoms with van der Waals surface area (Å²) in [6.45, 7) is 7.67. The summed E-state index contributed by atoms with van der Waals surface area (Å²) in [5.41, 5.74) is 1.59. The Bertz CT molecular complexity index is 652. The Balaban J connectivity index is 1.34. The minimum Gasteiger partial charge on any atom is -0.381 e. The van der Waals surface area contributed by atoms with Crippen molar-refractivity contribution in [3.63, 3.8) is 0 Å². The highest BCUT2D eigenvalue weighted by Crippen LogP contribution is 2.26. The first-order chi connectivity index (χ1) is 13.6. The molecule has 1 atom stereocenters. The van der Waals surface area contributed by atoms with Gasteiger partial charge in [0.25, 0.3) is 5.91 Å². The van der Waals surface area contributed by atoms with Crippen molar-refractivity contribution in [2.24, 2.45) is 0 Å². The maximum atomic E-state index is 12.9. The van der Waals surface area contributed by atoms with Crippen LogP contribution >= 0.6 is 0 Å². The van der Waals surface area contributed by atoms with Crippen LogP contribution in [0.5, 0.6) is 0 Å². The van der Waals surface area contributed by atoms with Gasteiger partial charge < -0.3 is 15.0 Å². The van der Waals surface area contributed by atoms with Gasteiger partial charge in [-0.1, -0.05) is 0 Å². The molecule has 0 spiro atoms. The minimum absolute atomic E-state index is 0.0186. The van der Waals surface area contributed by atoms with Gasteiger partial charge in [0.1, 0.15) is 0 Å². The molecule has 0 radical (unpaired) electrons. The van der Waals surface area contributed by atoms with Gasteiger partial charge in [0.2, 0.25) is 0 Å². The molecular weight excluding hydrogens is 354 g/mol. The average Bonchev–Trinajstić information content (AvgIpc) is 3.23. The van der Waals surface area contributed by atoms with Crippen LogP contribution in [0.15, 0.2) is 23.3 Å².